The summed E-state index contributed by atoms with van der Waals surface area (Å²) in [5.41, 5.74) is 0. The normalized spacial score (nSPS) is 23.1. The van der Waals surface area contributed by atoms with Gasteiger partial charge in [0.2, 0.25) is 11.7 Å². The SMILES string of the molecule is O=C(NC1CC1)C1CCCN1C(=O)c1ncn[nH]1. The van der Waals surface area contributed by atoms with E-state index < -0.39 is 0 Å². The molecule has 3 rings (SSSR count). The van der Waals surface area contributed by atoms with Crippen LogP contribution in [0.3, 0.4) is 0 Å². The number of likely N-dealkylation sites (tertiary alicyclic amines) is 1. The van der Waals surface area contributed by atoms with E-state index in [1.165, 1.54) is 6.33 Å². The second-order valence-corrected chi connectivity index (χ2v) is 4.77. The van der Waals surface area contributed by atoms with Crippen LogP contribution < -0.4 is 5.32 Å². The predicted molar refractivity (Wildman–Crippen MR) is 61.6 cm³/mol. The fourth-order valence-corrected chi connectivity index (χ4v) is 2.25. The lowest BCUT2D eigenvalue weighted by atomic mass is 10.2. The third kappa shape index (κ3) is 2.07. The Morgan fingerprint density at radius 3 is 2.89 bits per heavy atom. The van der Waals surface area contributed by atoms with Crippen LogP contribution in [0.2, 0.25) is 0 Å². The van der Waals surface area contributed by atoms with E-state index in [4.69, 9.17) is 0 Å². The summed E-state index contributed by atoms with van der Waals surface area (Å²) in [6, 6.07) is -0.0384. The van der Waals surface area contributed by atoms with E-state index in [1.807, 2.05) is 0 Å². The molecule has 2 N–H and O–H groups in total. The summed E-state index contributed by atoms with van der Waals surface area (Å²) < 4.78 is 0. The zero-order valence-electron chi connectivity index (χ0n) is 9.93. The number of amides is 2. The van der Waals surface area contributed by atoms with Gasteiger partial charge in [-0.1, -0.05) is 0 Å². The van der Waals surface area contributed by atoms with Crippen molar-refractivity contribution in [1.82, 2.24) is 25.4 Å². The largest absolute Gasteiger partial charge is 0.352 e. The van der Waals surface area contributed by atoms with Crippen LogP contribution in [-0.2, 0) is 4.79 Å². The van der Waals surface area contributed by atoms with E-state index >= 15 is 0 Å². The Balaban J connectivity index is 1.70. The minimum Gasteiger partial charge on any atom is -0.352 e. The molecule has 2 fully saturated rings. The van der Waals surface area contributed by atoms with Crippen molar-refractivity contribution in [1.29, 1.82) is 0 Å². The average molecular weight is 249 g/mol. The Morgan fingerprint density at radius 2 is 2.22 bits per heavy atom. The number of rotatable bonds is 3. The van der Waals surface area contributed by atoms with Crippen molar-refractivity contribution in [2.45, 2.75) is 37.8 Å². The molecule has 7 nitrogen and oxygen atoms in total. The molecule has 2 aliphatic rings. The molecule has 1 saturated heterocycles. The summed E-state index contributed by atoms with van der Waals surface area (Å²) in [6.07, 6.45) is 4.96. The maximum atomic E-state index is 12.1. The van der Waals surface area contributed by atoms with Gasteiger partial charge in [-0.25, -0.2) is 4.98 Å². The van der Waals surface area contributed by atoms with Gasteiger partial charge in [-0.05, 0) is 25.7 Å². The van der Waals surface area contributed by atoms with Gasteiger partial charge in [0.25, 0.3) is 5.91 Å². The third-order valence-electron chi connectivity index (χ3n) is 3.36. The number of hydrogen-bond donors (Lipinski definition) is 2. The number of H-pyrrole nitrogens is 1. The van der Waals surface area contributed by atoms with Gasteiger partial charge in [0, 0.05) is 12.6 Å². The van der Waals surface area contributed by atoms with Gasteiger partial charge in [0.05, 0.1) is 0 Å². The third-order valence-corrected chi connectivity index (χ3v) is 3.36. The van der Waals surface area contributed by atoms with Crippen LogP contribution in [0.4, 0.5) is 0 Å². The molecule has 7 heteroatoms. The van der Waals surface area contributed by atoms with E-state index in [0.29, 0.717) is 12.6 Å². The topological polar surface area (TPSA) is 91.0 Å². The molecule has 2 amide bonds. The zero-order chi connectivity index (χ0) is 12.5. The molecular formula is C11H15N5O2. The first kappa shape index (κ1) is 11.2. The minimum absolute atomic E-state index is 0.0390. The van der Waals surface area contributed by atoms with Crippen LogP contribution in [0.25, 0.3) is 0 Å². The molecule has 1 aliphatic carbocycles. The molecule has 1 aromatic rings. The van der Waals surface area contributed by atoms with Gasteiger partial charge in [-0.15, -0.1) is 0 Å². The molecular weight excluding hydrogens is 234 g/mol. The summed E-state index contributed by atoms with van der Waals surface area (Å²) in [5.74, 6) is -0.0927. The monoisotopic (exact) mass is 249 g/mol. The van der Waals surface area contributed by atoms with Gasteiger partial charge in [0.1, 0.15) is 12.4 Å². The summed E-state index contributed by atoms with van der Waals surface area (Å²) in [4.78, 5) is 29.6. The number of carbonyl (C=O) groups excluding carboxylic acids is 2. The molecule has 0 spiro atoms. The van der Waals surface area contributed by atoms with Crippen molar-refractivity contribution in [3.8, 4) is 0 Å². The van der Waals surface area contributed by atoms with Crippen LogP contribution in [-0.4, -0.2) is 50.5 Å². The van der Waals surface area contributed by atoms with E-state index in [9.17, 15) is 9.59 Å². The lowest BCUT2D eigenvalue weighted by molar-refractivity contribution is -0.125. The molecule has 1 saturated carbocycles. The Kier molecular flexibility index (Phi) is 2.73. The van der Waals surface area contributed by atoms with Crippen LogP contribution in [0.15, 0.2) is 6.33 Å². The fraction of sp³-hybridized carbons (Fsp3) is 0.636. The highest BCUT2D eigenvalue weighted by atomic mass is 16.2. The number of nitrogens with zero attached hydrogens (tertiary/aromatic N) is 3. The smallest absolute Gasteiger partial charge is 0.291 e. The summed E-state index contributed by atoms with van der Waals surface area (Å²) >= 11 is 0. The van der Waals surface area contributed by atoms with Crippen molar-refractivity contribution in [3.63, 3.8) is 0 Å². The van der Waals surface area contributed by atoms with Gasteiger partial charge in [0.15, 0.2) is 0 Å². The molecule has 2 heterocycles. The fourth-order valence-electron chi connectivity index (χ4n) is 2.25. The Bertz CT molecular complexity index is 454. The standard InChI is InChI=1S/C11H15N5O2/c17-10(14-7-3-4-7)8-2-1-5-16(8)11(18)9-12-6-13-15-9/h6-8H,1-5H2,(H,14,17)(H,12,13,15). The van der Waals surface area contributed by atoms with Crippen molar-refractivity contribution >= 4 is 11.8 Å². The average Bonchev–Trinajstić information content (AvgIpc) is 2.91. The van der Waals surface area contributed by atoms with Crippen molar-refractivity contribution < 1.29 is 9.59 Å². The Morgan fingerprint density at radius 1 is 1.39 bits per heavy atom. The molecule has 0 aromatic carbocycles. The van der Waals surface area contributed by atoms with Crippen molar-refractivity contribution in [2.75, 3.05) is 6.54 Å². The maximum absolute atomic E-state index is 12.1. The number of hydrogen-bond acceptors (Lipinski definition) is 4. The number of aromatic amines is 1. The first-order valence-corrected chi connectivity index (χ1v) is 6.22. The van der Waals surface area contributed by atoms with Gasteiger partial charge in [-0.3, -0.25) is 14.7 Å². The van der Waals surface area contributed by atoms with Gasteiger partial charge >= 0.3 is 0 Å². The lowest BCUT2D eigenvalue weighted by Gasteiger charge is -2.22. The molecule has 1 aromatic heterocycles. The molecule has 0 bridgehead atoms. The maximum Gasteiger partial charge on any atom is 0.291 e. The van der Waals surface area contributed by atoms with Crippen molar-refractivity contribution in [2.24, 2.45) is 0 Å². The lowest BCUT2D eigenvalue weighted by Crippen LogP contribution is -2.46. The number of aromatic nitrogens is 3. The summed E-state index contributed by atoms with van der Waals surface area (Å²) in [6.45, 7) is 0.599. The zero-order valence-corrected chi connectivity index (χ0v) is 9.93. The van der Waals surface area contributed by atoms with E-state index in [2.05, 4.69) is 20.5 Å². The highest BCUT2D eigenvalue weighted by Crippen LogP contribution is 2.23. The molecule has 0 radical (unpaired) electrons. The quantitative estimate of drug-likeness (QED) is 0.768. The highest BCUT2D eigenvalue weighted by molar-refractivity contribution is 5.95. The molecule has 1 atom stereocenters. The summed E-state index contributed by atoms with van der Waals surface area (Å²) in [7, 11) is 0. The van der Waals surface area contributed by atoms with E-state index in [0.717, 1.165) is 25.7 Å². The van der Waals surface area contributed by atoms with Crippen LogP contribution in [0, 0.1) is 0 Å². The predicted octanol–water partition coefficient (Wildman–Crippen LogP) is -0.312. The van der Waals surface area contributed by atoms with Gasteiger partial charge < -0.3 is 10.2 Å². The Labute approximate surface area is 104 Å². The highest BCUT2D eigenvalue weighted by Gasteiger charge is 2.37. The molecule has 1 aliphatic heterocycles. The van der Waals surface area contributed by atoms with Crippen LogP contribution >= 0.6 is 0 Å². The second kappa shape index (κ2) is 4.40. The van der Waals surface area contributed by atoms with Gasteiger partial charge in [-0.2, -0.15) is 5.10 Å². The van der Waals surface area contributed by atoms with E-state index in [-0.39, 0.29) is 23.7 Å². The molecule has 1 unspecified atom stereocenters. The summed E-state index contributed by atoms with van der Waals surface area (Å²) in [5, 5.41) is 9.15. The Hall–Kier alpha value is -1.92. The van der Waals surface area contributed by atoms with E-state index in [1.54, 1.807) is 4.90 Å². The molecule has 96 valence electrons. The van der Waals surface area contributed by atoms with Crippen LogP contribution in [0.5, 0.6) is 0 Å². The van der Waals surface area contributed by atoms with Crippen LogP contribution in [0.1, 0.15) is 36.3 Å². The molecule has 18 heavy (non-hydrogen) atoms. The first-order chi connectivity index (χ1) is 8.75. The van der Waals surface area contributed by atoms with Crippen molar-refractivity contribution in [3.05, 3.63) is 12.2 Å². The number of carbonyl (C=O) groups is 2. The first-order valence-electron chi connectivity index (χ1n) is 6.22. The minimum atomic E-state index is -0.358. The second-order valence-electron chi connectivity index (χ2n) is 4.77. The number of nitrogens with one attached hydrogen (secondary N) is 2.